The fourth-order valence-corrected chi connectivity index (χ4v) is 3.39. The smallest absolute Gasteiger partial charge is 0.308 e. The summed E-state index contributed by atoms with van der Waals surface area (Å²) in [5, 5.41) is 16.5. The van der Waals surface area contributed by atoms with Gasteiger partial charge in [-0.15, -0.1) is 0 Å². The second-order valence-corrected chi connectivity index (χ2v) is 6.63. The van der Waals surface area contributed by atoms with Crippen molar-refractivity contribution in [2.75, 3.05) is 0 Å². The van der Waals surface area contributed by atoms with Gasteiger partial charge in [0.1, 0.15) is 5.82 Å². The third kappa shape index (κ3) is 3.55. The van der Waals surface area contributed by atoms with E-state index in [2.05, 4.69) is 10.4 Å². The standard InChI is InChI=1S/C18H20FN3O3/c1-18(10-3-2-4-14(18)17(24)25)20-16(23)15-9-11-22(21-15)13-7-5-12(19)6-8-13/h5-9,11,14H,2-4,10H2,1H3,(H,20,23)(H,24,25). The molecule has 25 heavy (non-hydrogen) atoms. The summed E-state index contributed by atoms with van der Waals surface area (Å²) in [7, 11) is 0. The number of hydrogen-bond acceptors (Lipinski definition) is 3. The van der Waals surface area contributed by atoms with Gasteiger partial charge in [0.2, 0.25) is 0 Å². The van der Waals surface area contributed by atoms with Crippen LogP contribution in [0, 0.1) is 11.7 Å². The predicted molar refractivity (Wildman–Crippen MR) is 89.0 cm³/mol. The Labute approximate surface area is 144 Å². The van der Waals surface area contributed by atoms with E-state index in [1.165, 1.54) is 16.8 Å². The minimum Gasteiger partial charge on any atom is -0.481 e. The van der Waals surface area contributed by atoms with Gasteiger partial charge in [-0.3, -0.25) is 9.59 Å². The molecular formula is C18H20FN3O3. The molecule has 6 nitrogen and oxygen atoms in total. The summed E-state index contributed by atoms with van der Waals surface area (Å²) in [5.41, 5.74) is 0.0360. The van der Waals surface area contributed by atoms with E-state index in [9.17, 15) is 19.1 Å². The van der Waals surface area contributed by atoms with Crippen LogP contribution in [-0.4, -0.2) is 32.3 Å². The first-order chi connectivity index (χ1) is 11.9. The molecular weight excluding hydrogens is 325 g/mol. The van der Waals surface area contributed by atoms with Gasteiger partial charge in [0.05, 0.1) is 17.1 Å². The maximum atomic E-state index is 13.0. The number of halogens is 1. The predicted octanol–water partition coefficient (Wildman–Crippen LogP) is 2.77. The zero-order chi connectivity index (χ0) is 18.0. The average molecular weight is 345 g/mol. The lowest BCUT2D eigenvalue weighted by Crippen LogP contribution is -2.55. The van der Waals surface area contributed by atoms with Crippen LogP contribution in [0.15, 0.2) is 36.5 Å². The van der Waals surface area contributed by atoms with Gasteiger partial charge >= 0.3 is 5.97 Å². The first-order valence-corrected chi connectivity index (χ1v) is 8.26. The lowest BCUT2D eigenvalue weighted by atomic mass is 9.74. The summed E-state index contributed by atoms with van der Waals surface area (Å²) < 4.78 is 14.5. The van der Waals surface area contributed by atoms with E-state index in [4.69, 9.17) is 0 Å². The van der Waals surface area contributed by atoms with Crippen molar-refractivity contribution < 1.29 is 19.1 Å². The first kappa shape index (κ1) is 17.1. The molecule has 1 aromatic heterocycles. The van der Waals surface area contributed by atoms with Crippen LogP contribution >= 0.6 is 0 Å². The van der Waals surface area contributed by atoms with E-state index in [1.54, 1.807) is 31.3 Å². The highest BCUT2D eigenvalue weighted by molar-refractivity contribution is 5.93. The molecule has 0 spiro atoms. The molecule has 1 amide bonds. The third-order valence-corrected chi connectivity index (χ3v) is 4.82. The molecule has 1 heterocycles. The van der Waals surface area contributed by atoms with E-state index >= 15 is 0 Å². The molecule has 0 bridgehead atoms. The number of amides is 1. The Bertz CT molecular complexity index is 787. The summed E-state index contributed by atoms with van der Waals surface area (Å²) in [5.74, 6) is -2.25. The minimum absolute atomic E-state index is 0.195. The molecule has 2 atom stereocenters. The lowest BCUT2D eigenvalue weighted by molar-refractivity contribution is -0.145. The second-order valence-electron chi connectivity index (χ2n) is 6.63. The third-order valence-electron chi connectivity index (χ3n) is 4.82. The van der Waals surface area contributed by atoms with Crippen LogP contribution in [0.5, 0.6) is 0 Å². The van der Waals surface area contributed by atoms with Crippen molar-refractivity contribution in [1.29, 1.82) is 0 Å². The van der Waals surface area contributed by atoms with Crippen molar-refractivity contribution in [3.05, 3.63) is 48.0 Å². The number of nitrogens with one attached hydrogen (secondary N) is 1. The normalized spacial score (nSPS) is 23.2. The largest absolute Gasteiger partial charge is 0.481 e. The molecule has 2 N–H and O–H groups in total. The van der Waals surface area contributed by atoms with Gasteiger partial charge in [0, 0.05) is 6.20 Å². The number of carboxylic acids is 1. The Kier molecular flexibility index (Phi) is 4.57. The molecule has 1 aromatic carbocycles. The molecule has 0 radical (unpaired) electrons. The molecule has 1 saturated carbocycles. The van der Waals surface area contributed by atoms with Gasteiger partial charge in [-0.25, -0.2) is 9.07 Å². The number of carboxylic acid groups (broad SMARTS) is 1. The number of benzene rings is 1. The number of carbonyl (C=O) groups excluding carboxylic acids is 1. The number of aliphatic carboxylic acids is 1. The van der Waals surface area contributed by atoms with Crippen LogP contribution in [0.25, 0.3) is 5.69 Å². The average Bonchev–Trinajstić information content (AvgIpc) is 3.05. The van der Waals surface area contributed by atoms with Crippen LogP contribution in [0.1, 0.15) is 43.1 Å². The Hall–Kier alpha value is -2.70. The molecule has 0 aliphatic heterocycles. The molecule has 1 aliphatic rings. The van der Waals surface area contributed by atoms with Gasteiger partial charge < -0.3 is 10.4 Å². The van der Waals surface area contributed by atoms with Crippen LogP contribution in [0.3, 0.4) is 0 Å². The lowest BCUT2D eigenvalue weighted by Gasteiger charge is -2.39. The number of nitrogens with zero attached hydrogens (tertiary/aromatic N) is 2. The van der Waals surface area contributed by atoms with Crippen LogP contribution in [0.2, 0.25) is 0 Å². The van der Waals surface area contributed by atoms with Gasteiger partial charge in [0.25, 0.3) is 5.91 Å². The SMILES string of the molecule is CC1(NC(=O)c2ccn(-c3ccc(F)cc3)n2)CCCCC1C(=O)O. The van der Waals surface area contributed by atoms with Gasteiger partial charge in [-0.05, 0) is 50.1 Å². The second kappa shape index (κ2) is 6.66. The van der Waals surface area contributed by atoms with Crippen molar-refractivity contribution in [2.45, 2.75) is 38.1 Å². The van der Waals surface area contributed by atoms with Crippen molar-refractivity contribution in [3.8, 4) is 5.69 Å². The van der Waals surface area contributed by atoms with Gasteiger partial charge in [0.15, 0.2) is 5.69 Å². The van der Waals surface area contributed by atoms with Crippen LogP contribution in [-0.2, 0) is 4.79 Å². The topological polar surface area (TPSA) is 84.2 Å². The number of rotatable bonds is 4. The molecule has 132 valence electrons. The molecule has 3 rings (SSSR count). The Morgan fingerprint density at radius 1 is 1.28 bits per heavy atom. The van der Waals surface area contributed by atoms with Gasteiger partial charge in [-0.1, -0.05) is 12.8 Å². The summed E-state index contributed by atoms with van der Waals surface area (Å²) in [4.78, 5) is 24.0. The Morgan fingerprint density at radius 3 is 2.68 bits per heavy atom. The maximum absolute atomic E-state index is 13.0. The molecule has 2 unspecified atom stereocenters. The first-order valence-electron chi connectivity index (χ1n) is 8.26. The summed E-state index contributed by atoms with van der Waals surface area (Å²) >= 11 is 0. The maximum Gasteiger partial charge on any atom is 0.308 e. The van der Waals surface area contributed by atoms with E-state index < -0.39 is 23.3 Å². The quantitative estimate of drug-likeness (QED) is 0.892. The summed E-state index contributed by atoms with van der Waals surface area (Å²) in [6, 6.07) is 7.31. The molecule has 7 heteroatoms. The molecule has 1 aliphatic carbocycles. The van der Waals surface area contributed by atoms with Crippen molar-refractivity contribution in [2.24, 2.45) is 5.92 Å². The summed E-state index contributed by atoms with van der Waals surface area (Å²) in [6.07, 6.45) is 4.51. The number of hydrogen-bond donors (Lipinski definition) is 2. The van der Waals surface area contributed by atoms with Crippen molar-refractivity contribution >= 4 is 11.9 Å². The highest BCUT2D eigenvalue weighted by Gasteiger charge is 2.42. The molecule has 0 saturated heterocycles. The fraction of sp³-hybridized carbons (Fsp3) is 0.389. The van der Waals surface area contributed by atoms with Crippen molar-refractivity contribution in [3.63, 3.8) is 0 Å². The van der Waals surface area contributed by atoms with Crippen LogP contribution < -0.4 is 5.32 Å². The Balaban J connectivity index is 1.77. The Morgan fingerprint density at radius 2 is 2.00 bits per heavy atom. The summed E-state index contributed by atoms with van der Waals surface area (Å²) in [6.45, 7) is 1.78. The van der Waals surface area contributed by atoms with E-state index in [0.29, 0.717) is 18.5 Å². The van der Waals surface area contributed by atoms with E-state index in [0.717, 1.165) is 12.8 Å². The fourth-order valence-electron chi connectivity index (χ4n) is 3.39. The zero-order valence-corrected chi connectivity index (χ0v) is 13.9. The highest BCUT2D eigenvalue weighted by atomic mass is 19.1. The van der Waals surface area contributed by atoms with Crippen molar-refractivity contribution in [1.82, 2.24) is 15.1 Å². The monoisotopic (exact) mass is 345 g/mol. The number of aromatic nitrogens is 2. The minimum atomic E-state index is -0.889. The van der Waals surface area contributed by atoms with Crippen LogP contribution in [0.4, 0.5) is 4.39 Å². The zero-order valence-electron chi connectivity index (χ0n) is 13.9. The van der Waals surface area contributed by atoms with Gasteiger partial charge in [-0.2, -0.15) is 5.10 Å². The molecule has 1 fully saturated rings. The highest BCUT2D eigenvalue weighted by Crippen LogP contribution is 2.34. The number of carbonyl (C=O) groups is 2. The van der Waals surface area contributed by atoms with E-state index in [-0.39, 0.29) is 11.5 Å². The van der Waals surface area contributed by atoms with E-state index in [1.807, 2.05) is 0 Å². The molecule has 2 aromatic rings.